The van der Waals surface area contributed by atoms with E-state index >= 15 is 0 Å². The van der Waals surface area contributed by atoms with Crippen LogP contribution in [0, 0.1) is 35.5 Å². The van der Waals surface area contributed by atoms with Gasteiger partial charge in [-0.3, -0.25) is 0 Å². The van der Waals surface area contributed by atoms with Crippen molar-refractivity contribution in [3.8, 4) is 39.1 Å². The molecule has 2 nitrogen and oxygen atoms in total. The van der Waals surface area contributed by atoms with E-state index < -0.39 is 0 Å². The summed E-state index contributed by atoms with van der Waals surface area (Å²) in [6, 6.07) is 70.7. The maximum absolute atomic E-state index is 2.65. The molecule has 1 heterocycles. The molecule has 0 N–H and O–H groups in total. The summed E-state index contributed by atoms with van der Waals surface area (Å²) < 4.78 is 2.58. The third kappa shape index (κ3) is 6.41. The molecule has 0 spiro atoms. The largest absolute Gasteiger partial charge is 0.310 e. The maximum atomic E-state index is 2.65. The first-order valence-corrected chi connectivity index (χ1v) is 28.2. The van der Waals surface area contributed by atoms with Crippen LogP contribution in [0.3, 0.4) is 0 Å². The van der Waals surface area contributed by atoms with Crippen LogP contribution < -0.4 is 4.90 Å². The van der Waals surface area contributed by atoms with E-state index in [2.05, 4.69) is 205 Å². The Morgan fingerprint density at radius 2 is 0.904 bits per heavy atom. The second-order valence-corrected chi connectivity index (χ2v) is 25.4. The van der Waals surface area contributed by atoms with Crippen LogP contribution in [0.1, 0.15) is 113 Å². The number of aromatic nitrogens is 1. The molecule has 0 saturated heterocycles. The van der Waals surface area contributed by atoms with Crippen molar-refractivity contribution in [2.45, 2.75) is 107 Å². The molecule has 9 aromatic rings. The average molecular weight is 947 g/mol. The molecule has 0 atom stereocenters. The molecule has 0 amide bonds. The maximum Gasteiger partial charge on any atom is 0.0588 e. The fraction of sp³-hybridized carbons (Fsp3) is 0.324. The highest BCUT2D eigenvalue weighted by molar-refractivity contribution is 6.18. The smallest absolute Gasteiger partial charge is 0.0588 e. The molecule has 0 radical (unpaired) electrons. The molecular formula is C71H66N2. The Morgan fingerprint density at radius 1 is 0.425 bits per heavy atom. The molecule has 8 fully saturated rings. The number of hydrogen-bond donors (Lipinski definition) is 0. The number of benzene rings is 8. The van der Waals surface area contributed by atoms with Gasteiger partial charge in [0.05, 0.1) is 16.7 Å². The zero-order chi connectivity index (χ0) is 48.2. The predicted octanol–water partition coefficient (Wildman–Crippen LogP) is 18.8. The van der Waals surface area contributed by atoms with E-state index in [1.807, 2.05) is 0 Å². The van der Waals surface area contributed by atoms with E-state index in [1.54, 1.807) is 11.1 Å². The lowest BCUT2D eigenvalue weighted by atomic mass is 9.48. The van der Waals surface area contributed by atoms with Crippen molar-refractivity contribution in [2.75, 3.05) is 4.90 Å². The summed E-state index contributed by atoms with van der Waals surface area (Å²) >= 11 is 0. The normalized spacial score (nSPS) is 27.7. The first kappa shape index (κ1) is 42.8. The van der Waals surface area contributed by atoms with Gasteiger partial charge in [-0.15, -0.1) is 0 Å². The van der Waals surface area contributed by atoms with E-state index in [0.717, 1.165) is 35.5 Å². The summed E-state index contributed by atoms with van der Waals surface area (Å²) in [6.45, 7) is 5.00. The lowest BCUT2D eigenvalue weighted by Crippen LogP contribution is -2.48. The van der Waals surface area contributed by atoms with Gasteiger partial charge in [0, 0.05) is 38.8 Å². The molecule has 9 aliphatic rings. The van der Waals surface area contributed by atoms with Crippen molar-refractivity contribution < 1.29 is 0 Å². The minimum absolute atomic E-state index is 0.321. The molecule has 360 valence electrons. The van der Waals surface area contributed by atoms with Gasteiger partial charge in [-0.05, 0) is 228 Å². The fourth-order valence-electron chi connectivity index (χ4n) is 18.5. The summed E-state index contributed by atoms with van der Waals surface area (Å²) in [5.74, 6) is 5.52. The highest BCUT2D eigenvalue weighted by atomic mass is 15.1. The van der Waals surface area contributed by atoms with Gasteiger partial charge in [0.25, 0.3) is 0 Å². The van der Waals surface area contributed by atoms with Crippen LogP contribution >= 0.6 is 0 Å². The molecule has 8 bridgehead atoms. The second kappa shape index (κ2) is 15.7. The van der Waals surface area contributed by atoms with Crippen molar-refractivity contribution in [1.82, 2.24) is 4.57 Å². The van der Waals surface area contributed by atoms with Crippen LogP contribution in [0.4, 0.5) is 17.1 Å². The number of rotatable bonds is 8. The Bertz CT molecular complexity index is 3480. The number of fused-ring (bicyclic) bond motifs is 7. The summed E-state index contributed by atoms with van der Waals surface area (Å²) in [5, 5.41) is 2.62. The molecular weight excluding hydrogens is 881 g/mol. The first-order chi connectivity index (χ1) is 35.8. The molecule has 0 unspecified atom stereocenters. The third-order valence-corrected chi connectivity index (χ3v) is 20.7. The summed E-state index contributed by atoms with van der Waals surface area (Å²) in [5.41, 5.74) is 21.6. The monoisotopic (exact) mass is 947 g/mol. The van der Waals surface area contributed by atoms with E-state index in [4.69, 9.17) is 0 Å². The van der Waals surface area contributed by atoms with Crippen LogP contribution in [-0.2, 0) is 16.2 Å². The van der Waals surface area contributed by atoms with Gasteiger partial charge >= 0.3 is 0 Å². The number of hydrogen-bond acceptors (Lipinski definition) is 1. The first-order valence-electron chi connectivity index (χ1n) is 28.2. The SMILES string of the molecule is CC1(C)c2cc(N(c3ccc(C45CC6CC(CC(C6)C4)C5)cc3)c3ccc(C45CC6CC(CC(C6)C4)C5)cc3)c(-c3ccccc3)cc2-c2ccc3c4c(-c5ccccc5)cccc4n(-c4ccccc4)c3c21. The molecule has 73 heavy (non-hydrogen) atoms. The Labute approximate surface area is 432 Å². The Kier molecular flexibility index (Phi) is 9.20. The minimum atomic E-state index is -0.321. The molecule has 1 aromatic heterocycles. The molecule has 2 heteroatoms. The van der Waals surface area contributed by atoms with Crippen LogP contribution in [0.15, 0.2) is 182 Å². The van der Waals surface area contributed by atoms with E-state index in [9.17, 15) is 0 Å². The minimum Gasteiger partial charge on any atom is -0.310 e. The molecule has 8 aromatic carbocycles. The topological polar surface area (TPSA) is 8.17 Å². The third-order valence-electron chi connectivity index (χ3n) is 20.7. The Hall–Kier alpha value is -6.64. The van der Waals surface area contributed by atoms with Crippen LogP contribution in [0.5, 0.6) is 0 Å². The summed E-state index contributed by atoms with van der Waals surface area (Å²) in [7, 11) is 0. The number of anilines is 3. The molecule has 9 aliphatic carbocycles. The summed E-state index contributed by atoms with van der Waals surface area (Å²) in [4.78, 5) is 2.65. The van der Waals surface area contributed by atoms with Gasteiger partial charge in [0.1, 0.15) is 0 Å². The highest BCUT2D eigenvalue weighted by Gasteiger charge is 2.53. The fourth-order valence-corrected chi connectivity index (χ4v) is 18.5. The van der Waals surface area contributed by atoms with E-state index in [0.29, 0.717) is 10.8 Å². The Morgan fingerprint density at radius 3 is 1.41 bits per heavy atom. The summed E-state index contributed by atoms with van der Waals surface area (Å²) in [6.07, 6.45) is 17.1. The molecule has 0 aliphatic heterocycles. The van der Waals surface area contributed by atoms with Gasteiger partial charge in [0.2, 0.25) is 0 Å². The second-order valence-electron chi connectivity index (χ2n) is 25.4. The van der Waals surface area contributed by atoms with E-state index in [-0.39, 0.29) is 5.41 Å². The molecule has 18 rings (SSSR count). The van der Waals surface area contributed by atoms with Crippen molar-refractivity contribution in [2.24, 2.45) is 35.5 Å². The van der Waals surface area contributed by atoms with Crippen molar-refractivity contribution >= 4 is 38.9 Å². The van der Waals surface area contributed by atoms with Crippen molar-refractivity contribution in [3.05, 3.63) is 204 Å². The average Bonchev–Trinajstić information content (AvgIpc) is 3.87. The van der Waals surface area contributed by atoms with Crippen LogP contribution in [-0.4, -0.2) is 4.57 Å². The standard InChI is InChI=1S/C71H66N2/c1-69(2)63-38-65(72(56-25-21-53(22-26-56)70-39-45-31-46(40-70)33-47(32-45)41-70)57-27-23-54(24-28-57)71-42-48-34-49(43-71)36-50(35-48)44-71)61(52-15-8-4-9-16-52)37-62(63)59-29-30-60-66-58(51-13-6-3-7-14-51)19-12-20-64(66)73(68(60)67(59)69)55-17-10-5-11-18-55/h3-30,37-38,45-50H,31-36,39-44H2,1-2H3. The van der Waals surface area contributed by atoms with E-state index in [1.165, 1.54) is 166 Å². The number of para-hydroxylation sites is 1. The number of nitrogens with zero attached hydrogens (tertiary/aromatic N) is 2. The Balaban J connectivity index is 0.902. The lowest BCUT2D eigenvalue weighted by molar-refractivity contribution is -0.00529. The lowest BCUT2D eigenvalue weighted by Gasteiger charge is -2.57. The predicted molar refractivity (Wildman–Crippen MR) is 304 cm³/mol. The van der Waals surface area contributed by atoms with Crippen molar-refractivity contribution in [1.29, 1.82) is 0 Å². The zero-order valence-corrected chi connectivity index (χ0v) is 42.7. The van der Waals surface area contributed by atoms with Crippen LogP contribution in [0.2, 0.25) is 0 Å². The van der Waals surface area contributed by atoms with Crippen LogP contribution in [0.25, 0.3) is 60.9 Å². The van der Waals surface area contributed by atoms with Gasteiger partial charge in [-0.1, -0.05) is 141 Å². The van der Waals surface area contributed by atoms with Gasteiger partial charge in [-0.2, -0.15) is 0 Å². The molecule has 8 saturated carbocycles. The van der Waals surface area contributed by atoms with Gasteiger partial charge in [-0.25, -0.2) is 0 Å². The quantitative estimate of drug-likeness (QED) is 0.147. The van der Waals surface area contributed by atoms with Gasteiger partial charge < -0.3 is 9.47 Å². The van der Waals surface area contributed by atoms with Gasteiger partial charge in [0.15, 0.2) is 0 Å². The van der Waals surface area contributed by atoms with Crippen molar-refractivity contribution in [3.63, 3.8) is 0 Å². The zero-order valence-electron chi connectivity index (χ0n) is 42.7. The highest BCUT2D eigenvalue weighted by Crippen LogP contribution is 2.63.